The molecule has 4 nitrogen and oxygen atoms in total. The Labute approximate surface area is 137 Å². The van der Waals surface area contributed by atoms with Crippen LogP contribution in [0.2, 0.25) is 5.02 Å². The van der Waals surface area contributed by atoms with Gasteiger partial charge in [-0.3, -0.25) is 4.79 Å². The Bertz CT molecular complexity index is 955. The van der Waals surface area contributed by atoms with Crippen LogP contribution in [0, 0.1) is 13.8 Å². The molecule has 0 fully saturated rings. The van der Waals surface area contributed by atoms with Crippen LogP contribution in [0.15, 0.2) is 51.7 Å². The maximum Gasteiger partial charge on any atom is 0.349 e. The van der Waals surface area contributed by atoms with Gasteiger partial charge in [0.15, 0.2) is 5.58 Å². The van der Waals surface area contributed by atoms with E-state index >= 15 is 0 Å². The monoisotopic (exact) mass is 327 g/mol. The summed E-state index contributed by atoms with van der Waals surface area (Å²) in [5, 5.41) is 3.72. The molecule has 23 heavy (non-hydrogen) atoms. The number of para-hydroxylation sites is 2. The number of carbonyl (C=O) groups is 1. The van der Waals surface area contributed by atoms with Gasteiger partial charge in [0.25, 0.3) is 5.91 Å². The summed E-state index contributed by atoms with van der Waals surface area (Å²) in [5.41, 5.74) is 2.06. The summed E-state index contributed by atoms with van der Waals surface area (Å²) in [4.78, 5) is 24.6. The summed E-state index contributed by atoms with van der Waals surface area (Å²) in [6, 6.07) is 12.3. The van der Waals surface area contributed by atoms with Crippen LogP contribution >= 0.6 is 11.6 Å². The first-order valence-electron chi connectivity index (χ1n) is 7.07. The molecule has 0 unspecified atom stereocenters. The van der Waals surface area contributed by atoms with E-state index in [1.807, 2.05) is 32.0 Å². The smallest absolute Gasteiger partial charge is 0.349 e. The number of aryl methyl sites for hydroxylation is 2. The maximum absolute atomic E-state index is 12.5. The average Bonchev–Trinajstić information content (AvgIpc) is 2.51. The number of fused-ring (bicyclic) bond motifs is 1. The molecule has 0 aliphatic heterocycles. The van der Waals surface area contributed by atoms with Crippen molar-refractivity contribution in [3.63, 3.8) is 0 Å². The average molecular weight is 328 g/mol. The number of halogens is 1. The van der Waals surface area contributed by atoms with Crippen molar-refractivity contribution in [1.29, 1.82) is 0 Å². The zero-order chi connectivity index (χ0) is 16.6. The van der Waals surface area contributed by atoms with Crippen LogP contribution in [-0.4, -0.2) is 5.91 Å². The van der Waals surface area contributed by atoms with Gasteiger partial charge in [-0.05, 0) is 37.1 Å². The van der Waals surface area contributed by atoms with E-state index in [0.29, 0.717) is 16.1 Å². The molecule has 3 aromatic rings. The van der Waals surface area contributed by atoms with Gasteiger partial charge in [0, 0.05) is 11.1 Å². The fourth-order valence-electron chi connectivity index (χ4n) is 2.46. The quantitative estimate of drug-likeness (QED) is 0.713. The number of hydrogen-bond acceptors (Lipinski definition) is 3. The lowest BCUT2D eigenvalue weighted by molar-refractivity contribution is 0.102. The lowest BCUT2D eigenvalue weighted by atomic mass is 10.1. The molecule has 0 saturated heterocycles. The first-order valence-corrected chi connectivity index (χ1v) is 7.45. The molecule has 1 amide bonds. The van der Waals surface area contributed by atoms with Gasteiger partial charge in [-0.1, -0.05) is 41.9 Å². The normalized spacial score (nSPS) is 10.7. The second kappa shape index (κ2) is 5.89. The van der Waals surface area contributed by atoms with Crippen LogP contribution in [0.1, 0.15) is 21.5 Å². The van der Waals surface area contributed by atoms with Crippen molar-refractivity contribution in [1.82, 2.24) is 0 Å². The summed E-state index contributed by atoms with van der Waals surface area (Å²) in [5.74, 6) is -0.502. The summed E-state index contributed by atoms with van der Waals surface area (Å²) in [7, 11) is 0. The molecule has 0 saturated carbocycles. The molecule has 0 atom stereocenters. The lowest BCUT2D eigenvalue weighted by Gasteiger charge is -2.11. The topological polar surface area (TPSA) is 59.3 Å². The summed E-state index contributed by atoms with van der Waals surface area (Å²) >= 11 is 6.00. The second-order valence-electron chi connectivity index (χ2n) is 5.33. The van der Waals surface area contributed by atoms with E-state index in [2.05, 4.69) is 5.32 Å². The molecule has 0 radical (unpaired) electrons. The molecule has 5 heteroatoms. The van der Waals surface area contributed by atoms with Gasteiger partial charge < -0.3 is 9.73 Å². The summed E-state index contributed by atoms with van der Waals surface area (Å²) in [6.45, 7) is 3.79. The van der Waals surface area contributed by atoms with Crippen LogP contribution in [0.25, 0.3) is 11.0 Å². The molecule has 0 spiro atoms. The van der Waals surface area contributed by atoms with Crippen molar-refractivity contribution in [3.8, 4) is 0 Å². The first kappa shape index (κ1) is 15.3. The predicted octanol–water partition coefficient (Wildman–Crippen LogP) is 4.32. The standard InChI is InChI=1S/C18H14ClNO3/c1-10-5-3-6-11(2)15(10)20-17(21)13-9-12-7-4-8-14(19)16(12)23-18(13)22/h3-9H,1-2H3,(H,20,21). The number of anilines is 1. The highest BCUT2D eigenvalue weighted by Gasteiger charge is 2.16. The van der Waals surface area contributed by atoms with Gasteiger partial charge in [-0.25, -0.2) is 4.79 Å². The number of carbonyl (C=O) groups excluding carboxylic acids is 1. The Balaban J connectivity index is 2.05. The summed E-state index contributed by atoms with van der Waals surface area (Å²) in [6.07, 6.45) is 0. The minimum atomic E-state index is -0.714. The molecule has 0 aliphatic rings. The van der Waals surface area contributed by atoms with E-state index < -0.39 is 11.5 Å². The Kier molecular flexibility index (Phi) is 3.92. The van der Waals surface area contributed by atoms with E-state index in [0.717, 1.165) is 11.1 Å². The van der Waals surface area contributed by atoms with Crippen molar-refractivity contribution in [2.45, 2.75) is 13.8 Å². The van der Waals surface area contributed by atoms with E-state index in [9.17, 15) is 9.59 Å². The van der Waals surface area contributed by atoms with Crippen molar-refractivity contribution in [2.24, 2.45) is 0 Å². The molecule has 0 bridgehead atoms. The van der Waals surface area contributed by atoms with Crippen molar-refractivity contribution >= 4 is 34.2 Å². The molecule has 0 aliphatic carbocycles. The van der Waals surface area contributed by atoms with E-state index in [1.165, 1.54) is 6.07 Å². The van der Waals surface area contributed by atoms with Gasteiger partial charge in [-0.2, -0.15) is 0 Å². The largest absolute Gasteiger partial charge is 0.421 e. The van der Waals surface area contributed by atoms with Crippen LogP contribution in [-0.2, 0) is 0 Å². The first-order chi connectivity index (χ1) is 11.0. The molecule has 1 aromatic heterocycles. The van der Waals surface area contributed by atoms with Crippen molar-refractivity contribution in [2.75, 3.05) is 5.32 Å². The highest BCUT2D eigenvalue weighted by Crippen LogP contribution is 2.23. The van der Waals surface area contributed by atoms with Crippen LogP contribution in [0.4, 0.5) is 5.69 Å². The fraction of sp³-hybridized carbons (Fsp3) is 0.111. The number of rotatable bonds is 2. The zero-order valence-electron chi connectivity index (χ0n) is 12.6. The zero-order valence-corrected chi connectivity index (χ0v) is 13.4. The fourth-order valence-corrected chi connectivity index (χ4v) is 2.68. The number of amides is 1. The third-order valence-corrected chi connectivity index (χ3v) is 3.97. The Morgan fingerprint density at radius 2 is 1.74 bits per heavy atom. The number of nitrogens with one attached hydrogen (secondary N) is 1. The molecular formula is C18H14ClNO3. The van der Waals surface area contributed by atoms with Gasteiger partial charge in [-0.15, -0.1) is 0 Å². The van der Waals surface area contributed by atoms with Gasteiger partial charge in [0.2, 0.25) is 0 Å². The lowest BCUT2D eigenvalue weighted by Crippen LogP contribution is -2.21. The molecule has 3 rings (SSSR count). The van der Waals surface area contributed by atoms with Crippen molar-refractivity contribution < 1.29 is 9.21 Å². The Morgan fingerprint density at radius 1 is 1.09 bits per heavy atom. The highest BCUT2D eigenvalue weighted by molar-refractivity contribution is 6.34. The third-order valence-electron chi connectivity index (χ3n) is 3.68. The predicted molar refractivity (Wildman–Crippen MR) is 91.4 cm³/mol. The van der Waals surface area contributed by atoms with Gasteiger partial charge >= 0.3 is 5.63 Å². The molecule has 116 valence electrons. The SMILES string of the molecule is Cc1cccc(C)c1NC(=O)c1cc2cccc(Cl)c2oc1=O. The molecule has 1 heterocycles. The van der Waals surface area contributed by atoms with Crippen LogP contribution in [0.3, 0.4) is 0 Å². The summed E-state index contributed by atoms with van der Waals surface area (Å²) < 4.78 is 5.19. The molecule has 1 N–H and O–H groups in total. The number of benzene rings is 2. The minimum Gasteiger partial charge on any atom is -0.421 e. The Morgan fingerprint density at radius 3 is 2.43 bits per heavy atom. The Hall–Kier alpha value is -2.59. The third kappa shape index (κ3) is 2.85. The van der Waals surface area contributed by atoms with Gasteiger partial charge in [0.05, 0.1) is 5.02 Å². The number of hydrogen-bond donors (Lipinski definition) is 1. The van der Waals surface area contributed by atoms with E-state index in [4.69, 9.17) is 16.0 Å². The molecule has 2 aromatic carbocycles. The van der Waals surface area contributed by atoms with Crippen LogP contribution in [0.5, 0.6) is 0 Å². The van der Waals surface area contributed by atoms with E-state index in [-0.39, 0.29) is 11.1 Å². The minimum absolute atomic E-state index is 0.0533. The maximum atomic E-state index is 12.5. The van der Waals surface area contributed by atoms with E-state index in [1.54, 1.807) is 18.2 Å². The molecular weight excluding hydrogens is 314 g/mol. The van der Waals surface area contributed by atoms with Gasteiger partial charge in [0.1, 0.15) is 5.56 Å². The van der Waals surface area contributed by atoms with Crippen molar-refractivity contribution in [3.05, 3.63) is 74.6 Å². The second-order valence-corrected chi connectivity index (χ2v) is 5.73. The highest BCUT2D eigenvalue weighted by atomic mass is 35.5. The van der Waals surface area contributed by atoms with Crippen LogP contribution < -0.4 is 10.9 Å².